The van der Waals surface area contributed by atoms with Crippen LogP contribution in [0.15, 0.2) is 0 Å². The molecule has 6 nitrogen and oxygen atoms in total. The third-order valence-electron chi connectivity index (χ3n) is 9.89. The number of rotatable bonds is 42. The fourth-order valence-electron chi connectivity index (χ4n) is 6.58. The van der Waals surface area contributed by atoms with Crippen molar-refractivity contribution in [1.29, 1.82) is 0 Å². The Balaban J connectivity index is 0. The quantitative estimate of drug-likeness (QED) is 0.0483. The first kappa shape index (κ1) is 52.9. The third kappa shape index (κ3) is 47.7. The molecule has 2 N–H and O–H groups in total. The average Bonchev–Trinajstić information content (AvgIpc) is 3.10. The number of carbonyl (C=O) groups excluding carboxylic acids is 3. The molecule has 0 aliphatic heterocycles. The monoisotopic (exact) mass is 747 g/mol. The van der Waals surface area contributed by atoms with E-state index in [0.29, 0.717) is 12.8 Å². The van der Waals surface area contributed by atoms with Crippen LogP contribution in [-0.2, 0) is 14.4 Å². The van der Waals surface area contributed by atoms with Gasteiger partial charge in [0.1, 0.15) is 0 Å². The van der Waals surface area contributed by atoms with Gasteiger partial charge in [0, 0.05) is 38.3 Å². The number of thioether (sulfide) groups is 1. The van der Waals surface area contributed by atoms with Crippen LogP contribution in [-0.4, -0.2) is 42.4 Å². The van der Waals surface area contributed by atoms with E-state index in [1.807, 2.05) is 0 Å². The van der Waals surface area contributed by atoms with Crippen molar-refractivity contribution in [3.05, 3.63) is 0 Å². The van der Waals surface area contributed by atoms with Crippen LogP contribution in [0.3, 0.4) is 0 Å². The van der Waals surface area contributed by atoms with Crippen molar-refractivity contribution >= 4 is 29.5 Å². The van der Waals surface area contributed by atoms with E-state index in [2.05, 4.69) is 29.3 Å². The first-order valence-electron chi connectivity index (χ1n) is 21.9. The molecular formula is C43H83N2NaO4S. The van der Waals surface area contributed by atoms with Gasteiger partial charge in [-0.05, 0) is 43.6 Å². The Hall–Kier alpha value is -0.240. The summed E-state index contributed by atoms with van der Waals surface area (Å²) in [6, 6.07) is 0. The van der Waals surface area contributed by atoms with Gasteiger partial charge in [0.25, 0.3) is 0 Å². The Bertz CT molecular complexity index is 743. The van der Waals surface area contributed by atoms with Crippen LogP contribution in [0, 0.1) is 0 Å². The molecule has 2 amide bonds. The number of amides is 2. The number of carboxylic acids is 1. The smallest absolute Gasteiger partial charge is 0.550 e. The van der Waals surface area contributed by atoms with E-state index in [4.69, 9.17) is 0 Å². The summed E-state index contributed by atoms with van der Waals surface area (Å²) in [5.74, 6) is 1.76. The molecule has 296 valence electrons. The summed E-state index contributed by atoms with van der Waals surface area (Å²) < 4.78 is 0. The molecule has 8 heteroatoms. The summed E-state index contributed by atoms with van der Waals surface area (Å²) in [4.78, 5) is 34.0. The minimum absolute atomic E-state index is 0. The minimum atomic E-state index is -1.13. The number of carbonyl (C=O) groups is 3. The normalized spacial score (nSPS) is 11.0. The summed E-state index contributed by atoms with van der Waals surface area (Å²) in [6.07, 6.45) is 43.1. The van der Waals surface area contributed by atoms with Crippen molar-refractivity contribution < 1.29 is 49.0 Å². The standard InChI is InChI=1S/C43H84N2O4S.Na/c1-2-3-4-5-6-7-17-22-27-32-39-50-40-33-28-23-18-13-11-9-8-10-12-14-19-24-29-34-41(46)44-37-31-26-21-16-15-20-25-30-35-42(47)45-38-36-43(48)49;/h2-40H2,1H3,(H,44,46)(H,45,47)(H,48,49);/q;+1/p-1. The van der Waals surface area contributed by atoms with E-state index in [0.717, 1.165) is 45.1 Å². The van der Waals surface area contributed by atoms with Crippen LogP contribution >= 0.6 is 11.8 Å². The fourth-order valence-corrected chi connectivity index (χ4v) is 7.61. The van der Waals surface area contributed by atoms with Crippen LogP contribution in [0.2, 0.25) is 0 Å². The summed E-state index contributed by atoms with van der Waals surface area (Å²) in [7, 11) is 0. The van der Waals surface area contributed by atoms with Gasteiger partial charge in [-0.2, -0.15) is 11.8 Å². The molecule has 0 fully saturated rings. The Morgan fingerprint density at radius 1 is 0.392 bits per heavy atom. The molecule has 0 aliphatic carbocycles. The zero-order chi connectivity index (χ0) is 36.4. The predicted octanol–water partition coefficient (Wildman–Crippen LogP) is 8.38. The molecule has 0 rings (SSSR count). The van der Waals surface area contributed by atoms with Crippen LogP contribution in [0.1, 0.15) is 232 Å². The molecule has 0 aromatic heterocycles. The molecule has 0 radical (unpaired) electrons. The minimum Gasteiger partial charge on any atom is -0.550 e. The van der Waals surface area contributed by atoms with Gasteiger partial charge < -0.3 is 20.5 Å². The molecule has 0 bridgehead atoms. The molecule has 0 aliphatic rings. The first-order valence-corrected chi connectivity index (χ1v) is 23.0. The Morgan fingerprint density at radius 3 is 1.04 bits per heavy atom. The van der Waals surface area contributed by atoms with Crippen molar-refractivity contribution in [1.82, 2.24) is 10.6 Å². The summed E-state index contributed by atoms with van der Waals surface area (Å²) >= 11 is 2.19. The van der Waals surface area contributed by atoms with Crippen molar-refractivity contribution in [2.24, 2.45) is 0 Å². The van der Waals surface area contributed by atoms with E-state index >= 15 is 0 Å². The van der Waals surface area contributed by atoms with Gasteiger partial charge in [-0.25, -0.2) is 0 Å². The fraction of sp³-hybridized carbons (Fsp3) is 0.930. The third-order valence-corrected chi connectivity index (χ3v) is 11.0. The van der Waals surface area contributed by atoms with E-state index in [1.54, 1.807) is 0 Å². The Morgan fingerprint density at radius 2 is 0.686 bits per heavy atom. The number of hydrogen-bond acceptors (Lipinski definition) is 5. The van der Waals surface area contributed by atoms with Crippen LogP contribution in [0.25, 0.3) is 0 Å². The molecule has 51 heavy (non-hydrogen) atoms. The van der Waals surface area contributed by atoms with Crippen molar-refractivity contribution in [3.8, 4) is 0 Å². The van der Waals surface area contributed by atoms with Gasteiger partial charge in [0.15, 0.2) is 0 Å². The summed E-state index contributed by atoms with van der Waals surface area (Å²) in [5.41, 5.74) is 0. The SMILES string of the molecule is CCCCCCCCCCCCSCCCCCCCCCCCCCCCCC(=O)NCCCCCCCCCCC(=O)NCCC(=O)[O-].[Na+]. The Kier molecular flexibility index (Phi) is 47.6. The number of nitrogens with one attached hydrogen (secondary N) is 2. The predicted molar refractivity (Wildman–Crippen MR) is 216 cm³/mol. The largest absolute Gasteiger partial charge is 1.00 e. The van der Waals surface area contributed by atoms with Gasteiger partial charge >= 0.3 is 29.6 Å². The molecular weight excluding hydrogens is 664 g/mol. The van der Waals surface area contributed by atoms with Gasteiger partial charge in [0.05, 0.1) is 0 Å². The maximum atomic E-state index is 12.1. The van der Waals surface area contributed by atoms with Crippen molar-refractivity contribution in [3.63, 3.8) is 0 Å². The first-order chi connectivity index (χ1) is 24.6. The van der Waals surface area contributed by atoms with E-state index in [9.17, 15) is 19.5 Å². The number of carboxylic acid groups (broad SMARTS) is 1. The second kappa shape index (κ2) is 45.9. The van der Waals surface area contributed by atoms with E-state index < -0.39 is 5.97 Å². The number of hydrogen-bond donors (Lipinski definition) is 2. The maximum Gasteiger partial charge on any atom is 1.00 e. The second-order valence-electron chi connectivity index (χ2n) is 14.9. The van der Waals surface area contributed by atoms with Gasteiger partial charge in [-0.3, -0.25) is 9.59 Å². The molecule has 0 aromatic carbocycles. The molecule has 0 heterocycles. The molecule has 0 saturated heterocycles. The zero-order valence-electron chi connectivity index (χ0n) is 34.1. The zero-order valence-corrected chi connectivity index (χ0v) is 36.9. The maximum absolute atomic E-state index is 12.1. The molecule has 0 unspecified atom stereocenters. The number of aliphatic carboxylic acids is 1. The Labute approximate surface area is 343 Å². The van der Waals surface area contributed by atoms with E-state index in [1.165, 1.54) is 178 Å². The molecule has 0 spiro atoms. The average molecular weight is 747 g/mol. The summed E-state index contributed by atoms with van der Waals surface area (Å²) in [5, 5.41) is 16.0. The van der Waals surface area contributed by atoms with Gasteiger partial charge in [-0.1, -0.05) is 180 Å². The van der Waals surface area contributed by atoms with Crippen LogP contribution in [0.5, 0.6) is 0 Å². The molecule has 0 saturated carbocycles. The number of unbranched alkanes of at least 4 members (excludes halogenated alkanes) is 29. The second-order valence-corrected chi connectivity index (χ2v) is 16.1. The van der Waals surface area contributed by atoms with E-state index in [-0.39, 0.29) is 54.3 Å². The van der Waals surface area contributed by atoms with Crippen LogP contribution < -0.4 is 45.3 Å². The summed E-state index contributed by atoms with van der Waals surface area (Å²) in [6.45, 7) is 3.25. The molecule has 0 atom stereocenters. The van der Waals surface area contributed by atoms with Gasteiger partial charge in [-0.15, -0.1) is 0 Å². The van der Waals surface area contributed by atoms with Crippen molar-refractivity contribution in [2.45, 2.75) is 232 Å². The van der Waals surface area contributed by atoms with Crippen molar-refractivity contribution in [2.75, 3.05) is 24.6 Å². The topological polar surface area (TPSA) is 98.3 Å². The van der Waals surface area contributed by atoms with Crippen LogP contribution in [0.4, 0.5) is 0 Å². The van der Waals surface area contributed by atoms with Gasteiger partial charge in [0.2, 0.25) is 11.8 Å². The molecule has 0 aromatic rings.